The molecule has 1 unspecified atom stereocenters. The number of hydrogen-bond donors (Lipinski definition) is 0. The molecule has 0 amide bonds. The minimum Gasteiger partial charge on any atom is -0.495 e. The van der Waals surface area contributed by atoms with Crippen molar-refractivity contribution in [1.82, 2.24) is 0 Å². The first-order valence-electron chi connectivity index (χ1n) is 6.06. The lowest BCUT2D eigenvalue weighted by molar-refractivity contribution is 0.0791. The van der Waals surface area contributed by atoms with E-state index in [1.807, 2.05) is 12.1 Å². The molecule has 1 aliphatic heterocycles. The molecule has 0 aliphatic carbocycles. The first-order valence-corrected chi connectivity index (χ1v) is 6.06. The zero-order valence-corrected chi connectivity index (χ0v) is 10.5. The van der Waals surface area contributed by atoms with E-state index in [1.54, 1.807) is 13.2 Å². The predicted octanol–water partition coefficient (Wildman–Crippen LogP) is 2.12. The minimum absolute atomic E-state index is 0.513. The minimum atomic E-state index is 0.513. The van der Waals surface area contributed by atoms with Crippen LogP contribution in [0.4, 0.5) is 0 Å². The van der Waals surface area contributed by atoms with Crippen LogP contribution in [0.3, 0.4) is 0 Å². The van der Waals surface area contributed by atoms with Crippen LogP contribution in [0.15, 0.2) is 18.2 Å². The van der Waals surface area contributed by atoms with E-state index in [4.69, 9.17) is 19.5 Å². The number of nitriles is 1. The van der Waals surface area contributed by atoms with Gasteiger partial charge >= 0.3 is 0 Å². The molecular formula is C14H17NO3. The Labute approximate surface area is 107 Å². The van der Waals surface area contributed by atoms with Crippen molar-refractivity contribution in [3.63, 3.8) is 0 Å². The first-order chi connectivity index (χ1) is 8.83. The van der Waals surface area contributed by atoms with Gasteiger partial charge in [0.25, 0.3) is 0 Å². The van der Waals surface area contributed by atoms with E-state index in [0.717, 1.165) is 25.2 Å². The summed E-state index contributed by atoms with van der Waals surface area (Å²) in [6.45, 7) is 2.88. The molecule has 1 aromatic carbocycles. The van der Waals surface area contributed by atoms with Crippen molar-refractivity contribution in [1.29, 1.82) is 5.26 Å². The van der Waals surface area contributed by atoms with Gasteiger partial charge < -0.3 is 14.2 Å². The Morgan fingerprint density at radius 3 is 3.06 bits per heavy atom. The Morgan fingerprint density at radius 2 is 2.39 bits per heavy atom. The number of benzene rings is 1. The largest absolute Gasteiger partial charge is 0.495 e. The first kappa shape index (κ1) is 12.9. The van der Waals surface area contributed by atoms with E-state index in [0.29, 0.717) is 30.4 Å². The summed E-state index contributed by atoms with van der Waals surface area (Å²) in [4.78, 5) is 0. The van der Waals surface area contributed by atoms with E-state index >= 15 is 0 Å². The molecule has 1 fully saturated rings. The average molecular weight is 247 g/mol. The summed E-state index contributed by atoms with van der Waals surface area (Å²) in [5, 5.41) is 8.98. The van der Waals surface area contributed by atoms with Crippen LogP contribution in [0.2, 0.25) is 0 Å². The average Bonchev–Trinajstić information content (AvgIpc) is 2.91. The van der Waals surface area contributed by atoms with Crippen LogP contribution in [0.25, 0.3) is 0 Å². The van der Waals surface area contributed by atoms with Crippen molar-refractivity contribution in [2.45, 2.75) is 13.0 Å². The van der Waals surface area contributed by atoms with Crippen molar-refractivity contribution in [2.24, 2.45) is 5.92 Å². The normalized spacial score (nSPS) is 18.6. The highest BCUT2D eigenvalue weighted by Crippen LogP contribution is 2.20. The number of hydrogen-bond acceptors (Lipinski definition) is 4. The second kappa shape index (κ2) is 6.39. The molecule has 1 heterocycles. The maximum Gasteiger partial charge on any atom is 0.136 e. The molecular weight excluding hydrogens is 230 g/mol. The van der Waals surface area contributed by atoms with E-state index < -0.39 is 0 Å². The molecule has 0 aromatic heterocycles. The second-order valence-corrected chi connectivity index (χ2v) is 4.39. The molecule has 1 aromatic rings. The van der Waals surface area contributed by atoms with Crippen molar-refractivity contribution in [3.8, 4) is 11.8 Å². The Balaban J connectivity index is 1.87. The Hall–Kier alpha value is -1.57. The summed E-state index contributed by atoms with van der Waals surface area (Å²) in [7, 11) is 1.56. The van der Waals surface area contributed by atoms with Crippen LogP contribution in [0, 0.1) is 17.2 Å². The van der Waals surface area contributed by atoms with E-state index in [9.17, 15) is 0 Å². The van der Waals surface area contributed by atoms with Crippen LogP contribution in [-0.2, 0) is 16.1 Å². The summed E-state index contributed by atoms with van der Waals surface area (Å²) >= 11 is 0. The molecule has 0 N–H and O–H groups in total. The van der Waals surface area contributed by atoms with Crippen LogP contribution < -0.4 is 4.74 Å². The summed E-state index contributed by atoms with van der Waals surface area (Å²) in [6.07, 6.45) is 1.08. The van der Waals surface area contributed by atoms with Crippen molar-refractivity contribution < 1.29 is 14.2 Å². The highest BCUT2D eigenvalue weighted by atomic mass is 16.5. The van der Waals surface area contributed by atoms with Gasteiger partial charge in [-0.2, -0.15) is 5.26 Å². The highest BCUT2D eigenvalue weighted by molar-refractivity contribution is 5.45. The summed E-state index contributed by atoms with van der Waals surface area (Å²) in [6, 6.07) is 7.65. The van der Waals surface area contributed by atoms with Crippen LogP contribution in [0.1, 0.15) is 17.5 Å². The van der Waals surface area contributed by atoms with Gasteiger partial charge in [-0.05, 0) is 24.1 Å². The predicted molar refractivity (Wildman–Crippen MR) is 66.3 cm³/mol. The summed E-state index contributed by atoms with van der Waals surface area (Å²) in [5.74, 6) is 1.11. The Bertz CT molecular complexity index is 433. The molecule has 96 valence electrons. The standard InChI is InChI=1S/C14H17NO3/c1-16-14-3-2-11(6-13(14)7-15)8-18-10-12-4-5-17-9-12/h2-3,6,12H,4-5,8-10H2,1H3. The molecule has 1 aliphatic rings. The van der Waals surface area contributed by atoms with Crippen molar-refractivity contribution in [2.75, 3.05) is 26.9 Å². The number of ether oxygens (including phenoxy) is 3. The maximum atomic E-state index is 8.98. The Morgan fingerprint density at radius 1 is 1.50 bits per heavy atom. The van der Waals surface area contributed by atoms with Gasteiger partial charge in [-0.15, -0.1) is 0 Å². The molecule has 0 bridgehead atoms. The molecule has 4 nitrogen and oxygen atoms in total. The number of rotatable bonds is 5. The van der Waals surface area contributed by atoms with E-state index in [2.05, 4.69) is 6.07 Å². The molecule has 2 rings (SSSR count). The van der Waals surface area contributed by atoms with Gasteiger partial charge in [-0.25, -0.2) is 0 Å². The fourth-order valence-electron chi connectivity index (χ4n) is 1.99. The number of methoxy groups -OCH3 is 1. The molecule has 0 spiro atoms. The monoisotopic (exact) mass is 247 g/mol. The van der Waals surface area contributed by atoms with Gasteiger partial charge in [0.15, 0.2) is 0 Å². The third-order valence-corrected chi connectivity index (χ3v) is 3.03. The molecule has 1 saturated heterocycles. The lowest BCUT2D eigenvalue weighted by Gasteiger charge is -2.10. The van der Waals surface area contributed by atoms with Gasteiger partial charge in [0.1, 0.15) is 11.8 Å². The van der Waals surface area contributed by atoms with Gasteiger partial charge in [0.2, 0.25) is 0 Å². The molecule has 1 atom stereocenters. The van der Waals surface area contributed by atoms with Crippen molar-refractivity contribution in [3.05, 3.63) is 29.3 Å². The van der Waals surface area contributed by atoms with E-state index in [1.165, 1.54) is 0 Å². The molecule has 0 radical (unpaired) electrons. The SMILES string of the molecule is COc1ccc(COCC2CCOC2)cc1C#N. The van der Waals surface area contributed by atoms with Gasteiger partial charge in [0.05, 0.1) is 32.5 Å². The Kier molecular flexibility index (Phi) is 4.57. The highest BCUT2D eigenvalue weighted by Gasteiger charge is 2.15. The quantitative estimate of drug-likeness (QED) is 0.799. The fourth-order valence-corrected chi connectivity index (χ4v) is 1.99. The lowest BCUT2D eigenvalue weighted by Crippen LogP contribution is -2.09. The van der Waals surface area contributed by atoms with Gasteiger partial charge in [-0.1, -0.05) is 6.07 Å². The molecule has 4 heteroatoms. The smallest absolute Gasteiger partial charge is 0.136 e. The fraction of sp³-hybridized carbons (Fsp3) is 0.500. The number of nitrogens with zero attached hydrogens (tertiary/aromatic N) is 1. The summed E-state index contributed by atoms with van der Waals surface area (Å²) < 4.78 is 16.0. The third-order valence-electron chi connectivity index (χ3n) is 3.03. The van der Waals surface area contributed by atoms with Gasteiger partial charge in [-0.3, -0.25) is 0 Å². The topological polar surface area (TPSA) is 51.5 Å². The second-order valence-electron chi connectivity index (χ2n) is 4.39. The maximum absolute atomic E-state index is 8.98. The summed E-state index contributed by atoms with van der Waals surface area (Å²) in [5.41, 5.74) is 1.54. The third kappa shape index (κ3) is 3.22. The van der Waals surface area contributed by atoms with Crippen molar-refractivity contribution >= 4 is 0 Å². The van der Waals surface area contributed by atoms with E-state index in [-0.39, 0.29) is 0 Å². The zero-order valence-electron chi connectivity index (χ0n) is 10.5. The molecule has 18 heavy (non-hydrogen) atoms. The van der Waals surface area contributed by atoms with Crippen LogP contribution in [-0.4, -0.2) is 26.9 Å². The lowest BCUT2D eigenvalue weighted by atomic mass is 10.1. The molecule has 0 saturated carbocycles. The van der Waals surface area contributed by atoms with Crippen LogP contribution in [0.5, 0.6) is 5.75 Å². The van der Waals surface area contributed by atoms with Crippen LogP contribution >= 0.6 is 0 Å². The van der Waals surface area contributed by atoms with Gasteiger partial charge in [0, 0.05) is 12.5 Å². The zero-order chi connectivity index (χ0) is 12.8.